The number of aryl methyl sites for hydroxylation is 1. The maximum absolute atomic E-state index is 5.96. The average molecular weight is 247 g/mol. The molecular formula is C15H25N3. The number of nitrogen functional groups attached to an aromatic ring is 1. The first kappa shape index (κ1) is 13.2. The van der Waals surface area contributed by atoms with Gasteiger partial charge in [-0.2, -0.15) is 0 Å². The Kier molecular flexibility index (Phi) is 3.51. The van der Waals surface area contributed by atoms with Crippen molar-refractivity contribution in [3.8, 4) is 0 Å². The predicted octanol–water partition coefficient (Wildman–Crippen LogP) is 3.38. The Morgan fingerprint density at radius 3 is 2.50 bits per heavy atom. The minimum Gasteiger partial charge on any atom is -0.398 e. The molecule has 0 spiro atoms. The normalized spacial score (nSPS) is 19.8. The van der Waals surface area contributed by atoms with E-state index in [1.807, 2.05) is 19.2 Å². The monoisotopic (exact) mass is 247 g/mol. The van der Waals surface area contributed by atoms with Crippen molar-refractivity contribution in [1.29, 1.82) is 0 Å². The fraction of sp³-hybridized carbons (Fsp3) is 0.667. The third-order valence-electron chi connectivity index (χ3n) is 4.35. The smallest absolute Gasteiger partial charge is 0.130 e. The quantitative estimate of drug-likeness (QED) is 0.871. The van der Waals surface area contributed by atoms with Crippen LogP contribution in [0.1, 0.15) is 45.1 Å². The van der Waals surface area contributed by atoms with Gasteiger partial charge in [0.25, 0.3) is 0 Å². The molecule has 2 N–H and O–H groups in total. The van der Waals surface area contributed by atoms with Gasteiger partial charge in [-0.3, -0.25) is 0 Å². The van der Waals surface area contributed by atoms with Crippen LogP contribution >= 0.6 is 0 Å². The van der Waals surface area contributed by atoms with Gasteiger partial charge in [-0.1, -0.05) is 13.8 Å². The lowest BCUT2D eigenvalue weighted by Gasteiger charge is -2.39. The molecule has 0 bridgehead atoms. The number of hydrogen-bond acceptors (Lipinski definition) is 3. The second-order valence-electron chi connectivity index (χ2n) is 6.41. The molecule has 3 heteroatoms. The largest absolute Gasteiger partial charge is 0.398 e. The molecule has 0 saturated heterocycles. The van der Waals surface area contributed by atoms with E-state index in [0.29, 0.717) is 11.5 Å². The van der Waals surface area contributed by atoms with Gasteiger partial charge in [0, 0.05) is 31.0 Å². The highest BCUT2D eigenvalue weighted by atomic mass is 15.2. The van der Waals surface area contributed by atoms with Crippen molar-refractivity contribution in [3.05, 3.63) is 17.8 Å². The van der Waals surface area contributed by atoms with Crippen LogP contribution in [0.5, 0.6) is 0 Å². The van der Waals surface area contributed by atoms with Crippen LogP contribution < -0.4 is 10.6 Å². The van der Waals surface area contributed by atoms with Crippen LogP contribution in [-0.2, 0) is 0 Å². The summed E-state index contributed by atoms with van der Waals surface area (Å²) in [5, 5.41) is 0. The van der Waals surface area contributed by atoms with Gasteiger partial charge in [0.05, 0.1) is 0 Å². The van der Waals surface area contributed by atoms with Crippen LogP contribution in [0.3, 0.4) is 0 Å². The van der Waals surface area contributed by atoms with Gasteiger partial charge in [0.2, 0.25) is 0 Å². The number of hydrogen-bond donors (Lipinski definition) is 1. The van der Waals surface area contributed by atoms with Gasteiger partial charge in [-0.15, -0.1) is 0 Å². The highest BCUT2D eigenvalue weighted by molar-refractivity contribution is 5.54. The first-order valence-electron chi connectivity index (χ1n) is 6.84. The van der Waals surface area contributed by atoms with Crippen LogP contribution in [0.2, 0.25) is 0 Å². The van der Waals surface area contributed by atoms with E-state index >= 15 is 0 Å². The Hall–Kier alpha value is -1.25. The molecule has 1 aromatic heterocycles. The first-order valence-corrected chi connectivity index (χ1v) is 6.84. The molecule has 100 valence electrons. The van der Waals surface area contributed by atoms with E-state index in [-0.39, 0.29) is 0 Å². The van der Waals surface area contributed by atoms with Crippen molar-refractivity contribution < 1.29 is 0 Å². The molecule has 18 heavy (non-hydrogen) atoms. The van der Waals surface area contributed by atoms with Crippen LogP contribution in [0, 0.1) is 12.3 Å². The Morgan fingerprint density at radius 1 is 1.33 bits per heavy atom. The Morgan fingerprint density at radius 2 is 1.94 bits per heavy atom. The SMILES string of the molecule is Cc1cnc(N(C)C2CCC(C)(C)CC2)cc1N. The highest BCUT2D eigenvalue weighted by Gasteiger charge is 2.29. The number of anilines is 2. The maximum Gasteiger partial charge on any atom is 0.130 e. The molecular weight excluding hydrogens is 222 g/mol. The zero-order valence-electron chi connectivity index (χ0n) is 12.0. The number of pyridine rings is 1. The maximum atomic E-state index is 5.96. The predicted molar refractivity (Wildman–Crippen MR) is 77.8 cm³/mol. The summed E-state index contributed by atoms with van der Waals surface area (Å²) < 4.78 is 0. The van der Waals surface area contributed by atoms with E-state index in [9.17, 15) is 0 Å². The van der Waals surface area contributed by atoms with Crippen molar-refractivity contribution in [3.63, 3.8) is 0 Å². The van der Waals surface area contributed by atoms with E-state index in [2.05, 4.69) is 30.8 Å². The fourth-order valence-electron chi connectivity index (χ4n) is 2.68. The molecule has 0 aliphatic heterocycles. The Bertz CT molecular complexity index is 416. The van der Waals surface area contributed by atoms with Gasteiger partial charge in [-0.25, -0.2) is 4.98 Å². The molecule has 1 heterocycles. The van der Waals surface area contributed by atoms with E-state index in [1.165, 1.54) is 25.7 Å². The van der Waals surface area contributed by atoms with Crippen molar-refractivity contribution in [2.24, 2.45) is 5.41 Å². The minimum atomic E-state index is 0.511. The van der Waals surface area contributed by atoms with E-state index in [0.717, 1.165) is 17.1 Å². The van der Waals surface area contributed by atoms with Crippen LogP contribution in [0.4, 0.5) is 11.5 Å². The number of nitrogens with two attached hydrogens (primary N) is 1. The van der Waals surface area contributed by atoms with Crippen molar-refractivity contribution in [2.45, 2.75) is 52.5 Å². The summed E-state index contributed by atoms with van der Waals surface area (Å²) in [6.45, 7) is 6.73. The fourth-order valence-corrected chi connectivity index (χ4v) is 2.68. The summed E-state index contributed by atoms with van der Waals surface area (Å²) in [5.74, 6) is 1.00. The summed E-state index contributed by atoms with van der Waals surface area (Å²) in [6, 6.07) is 2.60. The lowest BCUT2D eigenvalue weighted by atomic mass is 9.75. The summed E-state index contributed by atoms with van der Waals surface area (Å²) in [4.78, 5) is 6.79. The van der Waals surface area contributed by atoms with Gasteiger partial charge < -0.3 is 10.6 Å². The molecule has 1 saturated carbocycles. The molecule has 0 aromatic carbocycles. The van der Waals surface area contributed by atoms with Gasteiger partial charge in [0.15, 0.2) is 0 Å². The average Bonchev–Trinajstić information content (AvgIpc) is 2.32. The zero-order valence-corrected chi connectivity index (χ0v) is 12.0. The summed E-state index contributed by atoms with van der Waals surface area (Å²) in [5.41, 5.74) is 8.36. The molecule has 0 radical (unpaired) electrons. The first-order chi connectivity index (χ1) is 8.39. The summed E-state index contributed by atoms with van der Waals surface area (Å²) >= 11 is 0. The second kappa shape index (κ2) is 4.79. The Labute approximate surface area is 110 Å². The van der Waals surface area contributed by atoms with Crippen LogP contribution in [0.25, 0.3) is 0 Å². The minimum absolute atomic E-state index is 0.511. The molecule has 0 atom stereocenters. The van der Waals surface area contributed by atoms with Gasteiger partial charge >= 0.3 is 0 Å². The van der Waals surface area contributed by atoms with E-state index in [4.69, 9.17) is 5.73 Å². The summed E-state index contributed by atoms with van der Waals surface area (Å²) in [7, 11) is 2.14. The van der Waals surface area contributed by atoms with Crippen LogP contribution in [0.15, 0.2) is 12.3 Å². The molecule has 1 fully saturated rings. The number of nitrogens with zero attached hydrogens (tertiary/aromatic N) is 2. The van der Waals surface area contributed by atoms with Crippen LogP contribution in [-0.4, -0.2) is 18.1 Å². The Balaban J connectivity index is 2.07. The van der Waals surface area contributed by atoms with E-state index in [1.54, 1.807) is 0 Å². The topological polar surface area (TPSA) is 42.2 Å². The number of rotatable bonds is 2. The van der Waals surface area contributed by atoms with Crippen molar-refractivity contribution in [2.75, 3.05) is 17.7 Å². The zero-order chi connectivity index (χ0) is 13.3. The lowest BCUT2D eigenvalue weighted by Crippen LogP contribution is -2.37. The second-order valence-corrected chi connectivity index (χ2v) is 6.41. The summed E-state index contributed by atoms with van der Waals surface area (Å²) in [6.07, 6.45) is 6.96. The standard InChI is InChI=1S/C15H25N3/c1-11-10-17-14(9-13(11)16)18(4)12-5-7-15(2,3)8-6-12/h9-10,12H,5-8H2,1-4H3,(H2,16,17). The van der Waals surface area contributed by atoms with Gasteiger partial charge in [0.1, 0.15) is 5.82 Å². The lowest BCUT2D eigenvalue weighted by molar-refractivity contribution is 0.222. The van der Waals surface area contributed by atoms with Crippen molar-refractivity contribution in [1.82, 2.24) is 4.98 Å². The highest BCUT2D eigenvalue weighted by Crippen LogP contribution is 2.37. The van der Waals surface area contributed by atoms with Gasteiger partial charge in [-0.05, 0) is 43.6 Å². The molecule has 1 aliphatic rings. The number of aromatic nitrogens is 1. The molecule has 3 nitrogen and oxygen atoms in total. The van der Waals surface area contributed by atoms with E-state index < -0.39 is 0 Å². The molecule has 1 aliphatic carbocycles. The third kappa shape index (κ3) is 2.77. The third-order valence-corrected chi connectivity index (χ3v) is 4.35. The molecule has 2 rings (SSSR count). The molecule has 1 aromatic rings. The molecule has 0 amide bonds. The van der Waals surface area contributed by atoms with Crippen molar-refractivity contribution >= 4 is 11.5 Å². The molecule has 0 unspecified atom stereocenters.